The van der Waals surface area contributed by atoms with E-state index in [0.717, 1.165) is 16.6 Å². The van der Waals surface area contributed by atoms with Gasteiger partial charge < -0.3 is 4.42 Å². The van der Waals surface area contributed by atoms with E-state index >= 15 is 0 Å². The van der Waals surface area contributed by atoms with E-state index in [1.54, 1.807) is 4.57 Å². The highest BCUT2D eigenvalue weighted by Crippen LogP contribution is 2.36. The lowest BCUT2D eigenvalue weighted by atomic mass is 10.2. The molecule has 0 amide bonds. The monoisotopic (exact) mass is 466 g/mol. The number of nitrogens with zero attached hydrogens (tertiary/aromatic N) is 6. The fourth-order valence-corrected chi connectivity index (χ4v) is 4.41. The minimum absolute atomic E-state index is 0.0198. The molecule has 0 unspecified atom stereocenters. The first-order valence-electron chi connectivity index (χ1n) is 10.9. The highest BCUT2D eigenvalue weighted by molar-refractivity contribution is 7.99. The molecule has 0 fully saturated rings. The van der Waals surface area contributed by atoms with Crippen LogP contribution in [0.1, 0.15) is 57.0 Å². The van der Waals surface area contributed by atoms with Crippen molar-refractivity contribution in [2.24, 2.45) is 7.05 Å². The van der Waals surface area contributed by atoms with Crippen LogP contribution in [0.2, 0.25) is 0 Å². The van der Waals surface area contributed by atoms with Crippen LogP contribution in [-0.4, -0.2) is 29.3 Å². The van der Waals surface area contributed by atoms with Gasteiger partial charge in [-0.25, -0.2) is 14.8 Å². The van der Waals surface area contributed by atoms with Crippen molar-refractivity contribution >= 4 is 22.8 Å². The van der Waals surface area contributed by atoms with Crippen molar-refractivity contribution in [1.29, 1.82) is 0 Å². The van der Waals surface area contributed by atoms with Gasteiger partial charge in [0.1, 0.15) is 16.2 Å². The maximum absolute atomic E-state index is 13.1. The third kappa shape index (κ3) is 4.35. The van der Waals surface area contributed by atoms with Gasteiger partial charge in [0.05, 0.1) is 5.25 Å². The lowest BCUT2D eigenvalue weighted by Crippen LogP contribution is -2.39. The predicted molar refractivity (Wildman–Crippen MR) is 127 cm³/mol. The Morgan fingerprint density at radius 2 is 1.79 bits per heavy atom. The molecule has 0 bridgehead atoms. The molecule has 0 radical (unpaired) electrons. The minimum Gasteiger partial charge on any atom is -0.419 e. The van der Waals surface area contributed by atoms with Crippen molar-refractivity contribution in [3.8, 4) is 11.5 Å². The molecule has 0 spiro atoms. The van der Waals surface area contributed by atoms with Gasteiger partial charge in [0.25, 0.3) is 5.56 Å². The molecule has 1 aromatic carbocycles. The molecule has 4 rings (SSSR count). The molecule has 3 aromatic heterocycles. The molecule has 0 aliphatic carbocycles. The van der Waals surface area contributed by atoms with Crippen LogP contribution in [0.3, 0.4) is 0 Å². The molecule has 9 nitrogen and oxygen atoms in total. The summed E-state index contributed by atoms with van der Waals surface area (Å²) in [7, 11) is 1.48. The Kier molecular flexibility index (Phi) is 6.46. The predicted octanol–water partition coefficient (Wildman–Crippen LogP) is 3.93. The number of rotatable bonds is 7. The molecular weight excluding hydrogens is 440 g/mol. The van der Waals surface area contributed by atoms with Crippen LogP contribution in [0.25, 0.3) is 22.5 Å². The summed E-state index contributed by atoms with van der Waals surface area (Å²) in [6.07, 6.45) is 0.733. The quantitative estimate of drug-likeness (QED) is 0.298. The smallest absolute Gasteiger partial charge is 0.332 e. The molecule has 10 heteroatoms. The summed E-state index contributed by atoms with van der Waals surface area (Å²) in [5, 5.41) is 8.93. The highest BCUT2D eigenvalue weighted by Gasteiger charge is 2.23. The minimum atomic E-state index is -0.414. The standard InChI is InChI=1S/C23H26N6O3S/c1-6-12-29-18-16(22(30)28(5)23(29)31)21(25-17(24-18)13(2)3)33-14(4)19-26-27-20(32-19)15-10-8-7-9-11-15/h7-11,13-14H,6,12H2,1-5H3/t14-/m1/s1. The Morgan fingerprint density at radius 1 is 1.06 bits per heavy atom. The van der Waals surface area contributed by atoms with Crippen LogP contribution in [-0.2, 0) is 13.6 Å². The van der Waals surface area contributed by atoms with Crippen LogP contribution in [0, 0.1) is 0 Å². The highest BCUT2D eigenvalue weighted by atomic mass is 32.2. The Balaban J connectivity index is 1.82. The number of aromatic nitrogens is 6. The van der Waals surface area contributed by atoms with Crippen molar-refractivity contribution in [2.45, 2.75) is 56.9 Å². The Bertz CT molecular complexity index is 1410. The van der Waals surface area contributed by atoms with Gasteiger partial charge in [0.2, 0.25) is 11.8 Å². The normalized spacial score (nSPS) is 12.5. The van der Waals surface area contributed by atoms with Crippen molar-refractivity contribution in [1.82, 2.24) is 29.3 Å². The molecule has 3 heterocycles. The van der Waals surface area contributed by atoms with Gasteiger partial charge in [-0.2, -0.15) is 0 Å². The molecule has 4 aromatic rings. The third-order valence-electron chi connectivity index (χ3n) is 5.23. The average Bonchev–Trinajstić information content (AvgIpc) is 3.31. The van der Waals surface area contributed by atoms with E-state index in [1.165, 1.54) is 18.8 Å². The Hall–Kier alpha value is -3.27. The second-order valence-electron chi connectivity index (χ2n) is 8.11. The maximum Gasteiger partial charge on any atom is 0.332 e. The molecule has 0 aliphatic rings. The van der Waals surface area contributed by atoms with Gasteiger partial charge in [-0.3, -0.25) is 13.9 Å². The summed E-state index contributed by atoms with van der Waals surface area (Å²) in [5.74, 6) is 1.45. The molecule has 172 valence electrons. The van der Waals surface area contributed by atoms with Crippen LogP contribution in [0.5, 0.6) is 0 Å². The van der Waals surface area contributed by atoms with Crippen molar-refractivity contribution in [2.75, 3.05) is 0 Å². The summed E-state index contributed by atoms with van der Waals surface area (Å²) in [4.78, 5) is 35.2. The molecular formula is C23H26N6O3S. The molecule has 33 heavy (non-hydrogen) atoms. The van der Waals surface area contributed by atoms with Crippen LogP contribution in [0.4, 0.5) is 0 Å². The summed E-state index contributed by atoms with van der Waals surface area (Å²) >= 11 is 1.35. The lowest BCUT2D eigenvalue weighted by molar-refractivity contribution is 0.509. The number of hydrogen-bond acceptors (Lipinski definition) is 8. The van der Waals surface area contributed by atoms with E-state index in [-0.39, 0.29) is 16.9 Å². The van der Waals surface area contributed by atoms with E-state index in [4.69, 9.17) is 9.40 Å². The van der Waals surface area contributed by atoms with Gasteiger partial charge in [0, 0.05) is 25.1 Å². The van der Waals surface area contributed by atoms with E-state index in [2.05, 4.69) is 15.2 Å². The zero-order valence-electron chi connectivity index (χ0n) is 19.3. The van der Waals surface area contributed by atoms with E-state index in [1.807, 2.05) is 58.0 Å². The summed E-state index contributed by atoms with van der Waals surface area (Å²) in [6, 6.07) is 9.54. The van der Waals surface area contributed by atoms with Gasteiger partial charge >= 0.3 is 5.69 Å². The van der Waals surface area contributed by atoms with Crippen molar-refractivity contribution in [3.05, 3.63) is 62.9 Å². The zero-order valence-corrected chi connectivity index (χ0v) is 20.1. The van der Waals surface area contributed by atoms with Crippen molar-refractivity contribution in [3.63, 3.8) is 0 Å². The first-order chi connectivity index (χ1) is 15.8. The van der Waals surface area contributed by atoms with Crippen LogP contribution in [0.15, 0.2) is 49.4 Å². The number of thioether (sulfide) groups is 1. The number of aryl methyl sites for hydroxylation is 1. The summed E-state index contributed by atoms with van der Waals surface area (Å²) in [6.45, 7) is 8.31. The maximum atomic E-state index is 13.1. The molecule has 0 N–H and O–H groups in total. The van der Waals surface area contributed by atoms with Gasteiger partial charge in [0.15, 0.2) is 5.65 Å². The van der Waals surface area contributed by atoms with Gasteiger partial charge in [-0.15, -0.1) is 10.2 Å². The Morgan fingerprint density at radius 3 is 2.45 bits per heavy atom. The molecule has 0 saturated carbocycles. The number of hydrogen-bond donors (Lipinski definition) is 0. The second kappa shape index (κ2) is 9.30. The molecule has 1 atom stereocenters. The second-order valence-corrected chi connectivity index (χ2v) is 9.44. The third-order valence-corrected chi connectivity index (χ3v) is 6.30. The summed E-state index contributed by atoms with van der Waals surface area (Å²) in [5.41, 5.74) is 0.411. The van der Waals surface area contributed by atoms with E-state index < -0.39 is 5.56 Å². The zero-order chi connectivity index (χ0) is 23.7. The molecule has 0 aliphatic heterocycles. The fourth-order valence-electron chi connectivity index (χ4n) is 3.44. The average molecular weight is 467 g/mol. The Labute approximate surface area is 194 Å². The van der Waals surface area contributed by atoms with E-state index in [9.17, 15) is 9.59 Å². The summed E-state index contributed by atoms with van der Waals surface area (Å²) < 4.78 is 8.58. The number of benzene rings is 1. The van der Waals surface area contributed by atoms with Crippen molar-refractivity contribution < 1.29 is 4.42 Å². The van der Waals surface area contributed by atoms with Crippen LogP contribution < -0.4 is 11.2 Å². The van der Waals surface area contributed by atoms with Crippen LogP contribution >= 0.6 is 11.8 Å². The van der Waals surface area contributed by atoms with Gasteiger partial charge in [-0.1, -0.05) is 50.7 Å². The largest absolute Gasteiger partial charge is 0.419 e. The van der Waals surface area contributed by atoms with Gasteiger partial charge in [-0.05, 0) is 25.5 Å². The first kappa shape index (κ1) is 22.9. The number of fused-ring (bicyclic) bond motifs is 1. The molecule has 0 saturated heterocycles. The SMILES string of the molecule is CCCn1c(=O)n(C)c(=O)c2c(S[C@H](C)c3nnc(-c4ccccc4)o3)nc(C(C)C)nc21. The fraction of sp³-hybridized carbons (Fsp3) is 0.391. The lowest BCUT2D eigenvalue weighted by Gasteiger charge is -2.16. The first-order valence-corrected chi connectivity index (χ1v) is 11.8. The van der Waals surface area contributed by atoms with E-state index in [0.29, 0.717) is 40.2 Å². The topological polar surface area (TPSA) is 109 Å².